The molecule has 0 spiro atoms. The number of ether oxygens (including phenoxy) is 1. The molecule has 128 valence electrons. The number of esters is 1. The molecule has 2 N–H and O–H groups in total. The van der Waals surface area contributed by atoms with E-state index in [0.29, 0.717) is 22.5 Å². The van der Waals surface area contributed by atoms with Crippen LogP contribution >= 0.6 is 11.6 Å². The van der Waals surface area contributed by atoms with Crippen LogP contribution in [0.5, 0.6) is 0 Å². The standard InChI is InChI=1S/C18H20ClNO4/c1-18(2,3)24-13(21)7-10-5-4-9-6-11(19)8-12-14(9)15(10)16(20-12)17(22)23/h6,8,10,20H,4-5,7H2,1-3H3,(H,22,23). The summed E-state index contributed by atoms with van der Waals surface area (Å²) in [7, 11) is 0. The molecule has 1 atom stereocenters. The Morgan fingerprint density at radius 2 is 2.08 bits per heavy atom. The zero-order valence-corrected chi connectivity index (χ0v) is 14.7. The molecular weight excluding hydrogens is 330 g/mol. The zero-order valence-electron chi connectivity index (χ0n) is 13.9. The van der Waals surface area contributed by atoms with Gasteiger partial charge in [0.25, 0.3) is 0 Å². The topological polar surface area (TPSA) is 79.4 Å². The monoisotopic (exact) mass is 349 g/mol. The van der Waals surface area contributed by atoms with Crippen LogP contribution in [0.15, 0.2) is 12.1 Å². The van der Waals surface area contributed by atoms with Crippen molar-refractivity contribution in [3.8, 4) is 0 Å². The fourth-order valence-corrected chi connectivity index (χ4v) is 3.68. The Morgan fingerprint density at radius 1 is 1.38 bits per heavy atom. The largest absolute Gasteiger partial charge is 0.477 e. The van der Waals surface area contributed by atoms with Crippen molar-refractivity contribution in [2.24, 2.45) is 0 Å². The predicted molar refractivity (Wildman–Crippen MR) is 91.8 cm³/mol. The molecule has 1 aliphatic carbocycles. The number of rotatable bonds is 3. The van der Waals surface area contributed by atoms with Gasteiger partial charge in [-0.15, -0.1) is 0 Å². The first-order valence-corrected chi connectivity index (χ1v) is 8.32. The van der Waals surface area contributed by atoms with Crippen LogP contribution < -0.4 is 0 Å². The van der Waals surface area contributed by atoms with E-state index in [1.165, 1.54) is 0 Å². The summed E-state index contributed by atoms with van der Waals surface area (Å²) in [6.45, 7) is 5.46. The van der Waals surface area contributed by atoms with Crippen molar-refractivity contribution >= 4 is 34.4 Å². The van der Waals surface area contributed by atoms with Crippen LogP contribution in [0.2, 0.25) is 5.02 Å². The van der Waals surface area contributed by atoms with E-state index in [1.54, 1.807) is 6.07 Å². The van der Waals surface area contributed by atoms with E-state index in [0.717, 1.165) is 17.4 Å². The minimum absolute atomic E-state index is 0.141. The smallest absolute Gasteiger partial charge is 0.352 e. The lowest BCUT2D eigenvalue weighted by molar-refractivity contribution is -0.155. The Labute approximate surface area is 144 Å². The van der Waals surface area contributed by atoms with E-state index in [2.05, 4.69) is 4.98 Å². The van der Waals surface area contributed by atoms with Gasteiger partial charge in [-0.3, -0.25) is 4.79 Å². The van der Waals surface area contributed by atoms with Crippen molar-refractivity contribution in [3.05, 3.63) is 34.0 Å². The molecule has 1 heterocycles. The van der Waals surface area contributed by atoms with Gasteiger partial charge in [0.05, 0.1) is 6.42 Å². The maximum atomic E-state index is 12.2. The van der Waals surface area contributed by atoms with Crippen molar-refractivity contribution in [3.63, 3.8) is 0 Å². The van der Waals surface area contributed by atoms with E-state index in [-0.39, 0.29) is 24.0 Å². The Bertz CT molecular complexity index is 832. The molecule has 0 fully saturated rings. The summed E-state index contributed by atoms with van der Waals surface area (Å²) < 4.78 is 5.40. The van der Waals surface area contributed by atoms with Crippen LogP contribution in [-0.4, -0.2) is 27.6 Å². The van der Waals surface area contributed by atoms with Gasteiger partial charge in [-0.25, -0.2) is 4.79 Å². The molecule has 0 saturated heterocycles. The number of carbonyl (C=O) groups is 2. The molecule has 2 aromatic rings. The number of carbonyl (C=O) groups excluding carboxylic acids is 1. The second-order valence-electron chi connectivity index (χ2n) is 7.23. The van der Waals surface area contributed by atoms with Crippen LogP contribution in [-0.2, 0) is 16.0 Å². The molecule has 0 radical (unpaired) electrons. The number of aromatic carboxylic acids is 1. The third-order valence-corrected chi connectivity index (χ3v) is 4.42. The summed E-state index contributed by atoms with van der Waals surface area (Å²) in [5, 5.41) is 11.0. The molecular formula is C18H20ClNO4. The van der Waals surface area contributed by atoms with Gasteiger partial charge in [-0.1, -0.05) is 11.6 Å². The summed E-state index contributed by atoms with van der Waals surface area (Å²) in [5.41, 5.74) is 2.01. The number of aryl methyl sites for hydroxylation is 1. The molecule has 1 unspecified atom stereocenters. The van der Waals surface area contributed by atoms with Crippen LogP contribution in [0.25, 0.3) is 10.9 Å². The number of hydrogen-bond acceptors (Lipinski definition) is 3. The lowest BCUT2D eigenvalue weighted by Gasteiger charge is -2.25. The number of carboxylic acid groups (broad SMARTS) is 1. The first-order chi connectivity index (χ1) is 11.2. The number of carboxylic acids is 1. The first kappa shape index (κ1) is 16.8. The number of halogens is 1. The number of benzene rings is 1. The Balaban J connectivity index is 2.04. The highest BCUT2D eigenvalue weighted by atomic mass is 35.5. The quantitative estimate of drug-likeness (QED) is 0.810. The van der Waals surface area contributed by atoms with E-state index in [1.807, 2.05) is 26.8 Å². The molecule has 3 rings (SSSR count). The van der Waals surface area contributed by atoms with Gasteiger partial charge >= 0.3 is 11.9 Å². The number of H-pyrrole nitrogens is 1. The van der Waals surface area contributed by atoms with E-state index in [9.17, 15) is 14.7 Å². The van der Waals surface area contributed by atoms with Gasteiger partial charge in [0, 0.05) is 15.9 Å². The Morgan fingerprint density at radius 3 is 2.71 bits per heavy atom. The summed E-state index contributed by atoms with van der Waals surface area (Å²) in [6.07, 6.45) is 1.63. The molecule has 6 heteroatoms. The highest BCUT2D eigenvalue weighted by Crippen LogP contribution is 2.42. The summed E-state index contributed by atoms with van der Waals surface area (Å²) in [6, 6.07) is 3.60. The van der Waals surface area contributed by atoms with Crippen molar-refractivity contribution < 1.29 is 19.4 Å². The SMILES string of the molecule is CC(C)(C)OC(=O)CC1CCc2cc(Cl)cc3[nH]c(C(=O)O)c1c23. The number of hydrogen-bond donors (Lipinski definition) is 2. The van der Waals surface area contributed by atoms with Gasteiger partial charge in [0.15, 0.2) is 0 Å². The van der Waals surface area contributed by atoms with Crippen molar-refractivity contribution in [2.75, 3.05) is 0 Å². The minimum atomic E-state index is -1.03. The van der Waals surface area contributed by atoms with Crippen molar-refractivity contribution in [1.82, 2.24) is 4.98 Å². The van der Waals surface area contributed by atoms with Gasteiger partial charge in [-0.05, 0) is 62.8 Å². The van der Waals surface area contributed by atoms with Crippen molar-refractivity contribution in [2.45, 2.75) is 51.6 Å². The maximum absolute atomic E-state index is 12.2. The molecule has 0 saturated carbocycles. The van der Waals surface area contributed by atoms with Crippen LogP contribution in [0.1, 0.15) is 61.1 Å². The van der Waals surface area contributed by atoms with Gasteiger partial charge in [-0.2, -0.15) is 0 Å². The average Bonchev–Trinajstić information content (AvgIpc) is 2.80. The Hall–Kier alpha value is -2.01. The molecule has 0 bridgehead atoms. The second-order valence-corrected chi connectivity index (χ2v) is 7.67. The maximum Gasteiger partial charge on any atom is 0.352 e. The van der Waals surface area contributed by atoms with Gasteiger partial charge in [0.1, 0.15) is 11.3 Å². The first-order valence-electron chi connectivity index (χ1n) is 7.95. The predicted octanol–water partition coefficient (Wildman–Crippen LogP) is 4.28. The minimum Gasteiger partial charge on any atom is -0.477 e. The molecule has 24 heavy (non-hydrogen) atoms. The lowest BCUT2D eigenvalue weighted by Crippen LogP contribution is -2.25. The second kappa shape index (κ2) is 5.81. The van der Waals surface area contributed by atoms with E-state index < -0.39 is 11.6 Å². The highest BCUT2D eigenvalue weighted by molar-refractivity contribution is 6.31. The molecule has 0 aliphatic heterocycles. The average molecular weight is 350 g/mol. The summed E-state index contributed by atoms with van der Waals surface area (Å²) in [4.78, 5) is 26.8. The zero-order chi connectivity index (χ0) is 17.6. The third-order valence-electron chi connectivity index (χ3n) is 4.20. The van der Waals surface area contributed by atoms with Crippen LogP contribution in [0.4, 0.5) is 0 Å². The van der Waals surface area contributed by atoms with Crippen LogP contribution in [0.3, 0.4) is 0 Å². The number of aromatic nitrogens is 1. The molecule has 1 aromatic heterocycles. The molecule has 1 aromatic carbocycles. The summed E-state index contributed by atoms with van der Waals surface area (Å²) in [5.74, 6) is -1.51. The summed E-state index contributed by atoms with van der Waals surface area (Å²) >= 11 is 6.12. The number of aromatic amines is 1. The fourth-order valence-electron chi connectivity index (χ4n) is 3.44. The van der Waals surface area contributed by atoms with Gasteiger partial charge < -0.3 is 14.8 Å². The lowest BCUT2D eigenvalue weighted by atomic mass is 9.81. The normalized spacial score (nSPS) is 17.1. The van der Waals surface area contributed by atoms with E-state index in [4.69, 9.17) is 16.3 Å². The van der Waals surface area contributed by atoms with Crippen molar-refractivity contribution in [1.29, 1.82) is 0 Å². The molecule has 5 nitrogen and oxygen atoms in total. The van der Waals surface area contributed by atoms with Crippen LogP contribution in [0, 0.1) is 0 Å². The van der Waals surface area contributed by atoms with E-state index >= 15 is 0 Å². The highest BCUT2D eigenvalue weighted by Gasteiger charge is 2.32. The number of nitrogens with one attached hydrogen (secondary N) is 1. The molecule has 1 aliphatic rings. The Kier molecular flexibility index (Phi) is 4.08. The third kappa shape index (κ3) is 3.13. The fraction of sp³-hybridized carbons (Fsp3) is 0.444. The molecule has 0 amide bonds. The van der Waals surface area contributed by atoms with Gasteiger partial charge in [0.2, 0.25) is 0 Å².